The number of aliphatic hydroxyl groups is 1. The molecule has 10 nitrogen and oxygen atoms in total. The van der Waals surface area contributed by atoms with Crippen LogP contribution in [0.4, 0.5) is 0 Å². The highest BCUT2D eigenvalue weighted by Crippen LogP contribution is 2.35. The molecule has 0 unspecified atom stereocenters. The molecular weight excluding hydrogens is 599 g/mol. The van der Waals surface area contributed by atoms with Gasteiger partial charge in [0, 0.05) is 12.8 Å². The fourth-order valence-corrected chi connectivity index (χ4v) is 5.42. The van der Waals surface area contributed by atoms with Crippen molar-refractivity contribution in [3.05, 3.63) is 0 Å². The summed E-state index contributed by atoms with van der Waals surface area (Å²) < 4.78 is 31.4. The minimum atomic E-state index is -4.71. The highest BCUT2D eigenvalue weighted by Gasteiger charge is 2.20. The second-order valence-electron chi connectivity index (χ2n) is 12.3. The van der Waals surface area contributed by atoms with Gasteiger partial charge in [0.1, 0.15) is 12.7 Å². The zero-order chi connectivity index (χ0) is 33.4. The predicted octanol–water partition coefficient (Wildman–Crippen LogP) is 8.33. The molecule has 3 N–H and O–H groups in total. The van der Waals surface area contributed by atoms with E-state index in [1.54, 1.807) is 0 Å². The first-order valence-corrected chi connectivity index (χ1v) is 19.5. The normalized spacial score (nSPS) is 13.1. The summed E-state index contributed by atoms with van der Waals surface area (Å²) in [6.45, 7) is 3.26. The van der Waals surface area contributed by atoms with Gasteiger partial charge in [0.25, 0.3) is 0 Å². The highest BCUT2D eigenvalue weighted by atomic mass is 31.2. The van der Waals surface area contributed by atoms with Gasteiger partial charge in [-0.25, -0.2) is 4.57 Å². The molecule has 0 aromatic heterocycles. The Hall–Kier alpha value is -1.03. The van der Waals surface area contributed by atoms with Crippen molar-refractivity contribution in [2.24, 2.45) is 0 Å². The van der Waals surface area contributed by atoms with Crippen molar-refractivity contribution in [2.45, 2.75) is 180 Å². The van der Waals surface area contributed by atoms with Gasteiger partial charge in [-0.3, -0.25) is 14.1 Å². The van der Waals surface area contributed by atoms with E-state index in [0.717, 1.165) is 38.5 Å². The molecular formula is C34H67O10P. The Bertz CT molecular complexity index is 730. The van der Waals surface area contributed by atoms with Crippen molar-refractivity contribution in [3.63, 3.8) is 0 Å². The topological polar surface area (TPSA) is 149 Å². The number of ether oxygens (including phenoxy) is 3. The fraction of sp³-hybridized carbons (Fsp3) is 0.941. The maximum absolute atomic E-state index is 12.5. The second kappa shape index (κ2) is 31.6. The van der Waals surface area contributed by atoms with E-state index in [1.165, 1.54) is 103 Å². The average molecular weight is 667 g/mol. The molecule has 268 valence electrons. The number of hydrogen-bond donors (Lipinski definition) is 3. The maximum Gasteiger partial charge on any atom is 0.469 e. The molecule has 0 aliphatic carbocycles. The fourth-order valence-electron chi connectivity index (χ4n) is 5.05. The molecule has 2 atom stereocenters. The van der Waals surface area contributed by atoms with Crippen molar-refractivity contribution in [1.29, 1.82) is 0 Å². The van der Waals surface area contributed by atoms with Crippen molar-refractivity contribution < 1.29 is 47.8 Å². The van der Waals surface area contributed by atoms with Gasteiger partial charge in [-0.15, -0.1) is 0 Å². The summed E-state index contributed by atoms with van der Waals surface area (Å²) in [7, 11) is -4.71. The molecule has 0 saturated heterocycles. The van der Waals surface area contributed by atoms with Gasteiger partial charge < -0.3 is 29.1 Å². The highest BCUT2D eigenvalue weighted by molar-refractivity contribution is 7.46. The lowest BCUT2D eigenvalue weighted by Crippen LogP contribution is -2.32. The van der Waals surface area contributed by atoms with E-state index in [9.17, 15) is 19.3 Å². The van der Waals surface area contributed by atoms with E-state index < -0.39 is 32.6 Å². The van der Waals surface area contributed by atoms with E-state index in [-0.39, 0.29) is 32.2 Å². The predicted molar refractivity (Wildman–Crippen MR) is 178 cm³/mol. The molecule has 0 bridgehead atoms. The number of phosphoric acid groups is 1. The number of unbranched alkanes of at least 4 members (excludes halogenated alkanes) is 20. The smallest absolute Gasteiger partial charge is 0.462 e. The van der Waals surface area contributed by atoms with Crippen molar-refractivity contribution in [3.8, 4) is 0 Å². The SMILES string of the molecule is CCCCCCCCCCCCCC(=O)OC[C@H](COC[C@@H](O)COP(=O)(O)O)OC(=O)CCCCCCCCCCCCC. The zero-order valence-electron chi connectivity index (χ0n) is 28.6. The molecule has 11 heteroatoms. The van der Waals surface area contributed by atoms with E-state index >= 15 is 0 Å². The average Bonchev–Trinajstić information content (AvgIpc) is 2.99. The second-order valence-corrected chi connectivity index (χ2v) is 13.6. The third kappa shape index (κ3) is 34.1. The quantitative estimate of drug-likeness (QED) is 0.0348. The molecule has 45 heavy (non-hydrogen) atoms. The summed E-state index contributed by atoms with van der Waals surface area (Å²) in [5.74, 6) is -0.751. The molecule has 0 saturated carbocycles. The first-order chi connectivity index (χ1) is 21.7. The van der Waals surface area contributed by atoms with Gasteiger partial charge in [-0.05, 0) is 12.8 Å². The molecule has 0 aliphatic heterocycles. The van der Waals surface area contributed by atoms with Crippen LogP contribution in [0, 0.1) is 0 Å². The van der Waals surface area contributed by atoms with E-state index in [1.807, 2.05) is 0 Å². The lowest BCUT2D eigenvalue weighted by atomic mass is 10.1. The molecule has 0 aromatic carbocycles. The van der Waals surface area contributed by atoms with Crippen LogP contribution in [0.5, 0.6) is 0 Å². The van der Waals surface area contributed by atoms with Crippen LogP contribution in [-0.2, 0) is 32.9 Å². The van der Waals surface area contributed by atoms with Crippen molar-refractivity contribution in [2.75, 3.05) is 26.4 Å². The Labute approximate surface area is 273 Å². The van der Waals surface area contributed by atoms with Gasteiger partial charge in [0.2, 0.25) is 0 Å². The Kier molecular flexibility index (Phi) is 30.8. The summed E-state index contributed by atoms with van der Waals surface area (Å²) >= 11 is 0. The standard InChI is InChI=1S/C34H67O10P/c1-3-5-7-9-11-13-15-17-19-21-23-25-33(36)42-30-32(29-41-27-31(35)28-43-45(38,39)40)44-34(37)26-24-22-20-18-16-14-12-10-8-6-4-2/h31-32,35H,3-30H2,1-2H3,(H2,38,39,40)/t31-,32+/m1/s1. The number of hydrogen-bond acceptors (Lipinski definition) is 8. The Balaban J connectivity index is 4.29. The minimum Gasteiger partial charge on any atom is -0.462 e. The van der Waals surface area contributed by atoms with Gasteiger partial charge in [-0.1, -0.05) is 142 Å². The summed E-state index contributed by atoms with van der Waals surface area (Å²) in [5.41, 5.74) is 0. The lowest BCUT2D eigenvalue weighted by molar-refractivity contribution is -0.163. The van der Waals surface area contributed by atoms with Crippen LogP contribution in [-0.4, -0.2) is 65.5 Å². The summed E-state index contributed by atoms with van der Waals surface area (Å²) in [6.07, 6.45) is 24.5. The van der Waals surface area contributed by atoms with Crippen LogP contribution in [0.2, 0.25) is 0 Å². The van der Waals surface area contributed by atoms with E-state index in [4.69, 9.17) is 24.0 Å². The van der Waals surface area contributed by atoms with Gasteiger partial charge in [0.15, 0.2) is 6.10 Å². The molecule has 0 spiro atoms. The Morgan fingerprint density at radius 3 is 1.38 bits per heavy atom. The molecule has 0 amide bonds. The Morgan fingerprint density at radius 1 is 0.556 bits per heavy atom. The molecule has 0 fully saturated rings. The third-order valence-corrected chi connectivity index (χ3v) is 8.23. The van der Waals surface area contributed by atoms with Crippen LogP contribution < -0.4 is 0 Å². The van der Waals surface area contributed by atoms with Crippen molar-refractivity contribution in [1.82, 2.24) is 0 Å². The molecule has 0 heterocycles. The van der Waals surface area contributed by atoms with Crippen LogP contribution >= 0.6 is 7.82 Å². The first-order valence-electron chi connectivity index (χ1n) is 18.0. The molecule has 0 aliphatic rings. The lowest BCUT2D eigenvalue weighted by Gasteiger charge is -2.19. The summed E-state index contributed by atoms with van der Waals surface area (Å²) in [4.78, 5) is 42.3. The summed E-state index contributed by atoms with van der Waals surface area (Å²) in [5, 5.41) is 9.84. The molecule has 0 aromatic rings. The third-order valence-electron chi connectivity index (χ3n) is 7.75. The monoisotopic (exact) mass is 666 g/mol. The number of carbonyl (C=O) groups is 2. The Morgan fingerprint density at radius 2 is 0.956 bits per heavy atom. The number of esters is 2. The number of phosphoric ester groups is 1. The van der Waals surface area contributed by atoms with Crippen LogP contribution in [0.25, 0.3) is 0 Å². The number of rotatable bonds is 34. The van der Waals surface area contributed by atoms with Gasteiger partial charge in [0.05, 0.1) is 19.8 Å². The molecule has 0 radical (unpaired) electrons. The maximum atomic E-state index is 12.5. The van der Waals surface area contributed by atoms with E-state index in [0.29, 0.717) is 6.42 Å². The van der Waals surface area contributed by atoms with Gasteiger partial charge in [-0.2, -0.15) is 0 Å². The van der Waals surface area contributed by atoms with Gasteiger partial charge >= 0.3 is 19.8 Å². The zero-order valence-corrected chi connectivity index (χ0v) is 29.5. The van der Waals surface area contributed by atoms with Crippen LogP contribution in [0.1, 0.15) is 168 Å². The number of carbonyl (C=O) groups excluding carboxylic acids is 2. The minimum absolute atomic E-state index is 0.136. The molecule has 0 rings (SSSR count). The van der Waals surface area contributed by atoms with Crippen LogP contribution in [0.3, 0.4) is 0 Å². The van der Waals surface area contributed by atoms with E-state index in [2.05, 4.69) is 18.4 Å². The largest absolute Gasteiger partial charge is 0.469 e. The summed E-state index contributed by atoms with van der Waals surface area (Å²) in [6, 6.07) is 0. The van der Waals surface area contributed by atoms with Crippen molar-refractivity contribution >= 4 is 19.8 Å². The number of aliphatic hydroxyl groups excluding tert-OH is 1. The first kappa shape index (κ1) is 44.0. The van der Waals surface area contributed by atoms with Crippen LogP contribution in [0.15, 0.2) is 0 Å².